The maximum Gasteiger partial charge on any atom is 0.319 e. The van der Waals surface area contributed by atoms with Crippen molar-refractivity contribution in [3.8, 4) is 0 Å². The van der Waals surface area contributed by atoms with Crippen molar-refractivity contribution in [3.63, 3.8) is 0 Å². The number of hydrogen-bond donors (Lipinski definition) is 1. The molecular weight excluding hydrogens is 208 g/mol. The molecule has 0 bridgehead atoms. The number of oxazole rings is 1. The van der Waals surface area contributed by atoms with Crippen LogP contribution in [-0.4, -0.2) is 16.1 Å². The van der Waals surface area contributed by atoms with E-state index in [4.69, 9.17) is 9.52 Å². The number of halogens is 2. The number of hydrogen-bond acceptors (Lipinski definition) is 3. The molecule has 0 fully saturated rings. The van der Waals surface area contributed by atoms with E-state index < -0.39 is 23.2 Å². The van der Waals surface area contributed by atoms with Crippen molar-refractivity contribution in [3.05, 3.63) is 17.8 Å². The molecule has 4 nitrogen and oxygen atoms in total. The van der Waals surface area contributed by atoms with Gasteiger partial charge in [0.1, 0.15) is 11.2 Å². The Kier molecular flexibility index (Phi) is 2.54. The van der Waals surface area contributed by atoms with Crippen molar-refractivity contribution in [2.75, 3.05) is 0 Å². The van der Waals surface area contributed by atoms with Crippen molar-refractivity contribution in [1.82, 2.24) is 4.98 Å². The molecule has 0 aliphatic heterocycles. The highest BCUT2D eigenvalue weighted by Crippen LogP contribution is 2.30. The second-order valence-electron chi connectivity index (χ2n) is 3.85. The SMILES string of the molecule is CC(F)(F)c1ncc(C(C)(C)C(=O)O)o1. The van der Waals surface area contributed by atoms with E-state index in [9.17, 15) is 13.6 Å². The number of carboxylic acids is 1. The van der Waals surface area contributed by atoms with Gasteiger partial charge in [-0.3, -0.25) is 4.79 Å². The summed E-state index contributed by atoms with van der Waals surface area (Å²) < 4.78 is 30.2. The summed E-state index contributed by atoms with van der Waals surface area (Å²) in [5.74, 6) is -5.23. The zero-order chi connectivity index (χ0) is 11.9. The molecule has 1 aromatic rings. The quantitative estimate of drug-likeness (QED) is 0.845. The Morgan fingerprint density at radius 1 is 1.47 bits per heavy atom. The summed E-state index contributed by atoms with van der Waals surface area (Å²) in [6, 6.07) is 0. The van der Waals surface area contributed by atoms with Gasteiger partial charge in [-0.2, -0.15) is 8.78 Å². The molecule has 0 aromatic carbocycles. The van der Waals surface area contributed by atoms with Gasteiger partial charge in [-0.15, -0.1) is 0 Å². The molecule has 1 rings (SSSR count). The van der Waals surface area contributed by atoms with E-state index in [0.29, 0.717) is 6.92 Å². The van der Waals surface area contributed by atoms with Crippen LogP contribution in [0.15, 0.2) is 10.6 Å². The first-order valence-electron chi connectivity index (χ1n) is 4.23. The highest BCUT2D eigenvalue weighted by Gasteiger charge is 2.37. The fraction of sp³-hybridized carbons (Fsp3) is 0.556. The minimum atomic E-state index is -3.20. The van der Waals surface area contributed by atoms with Gasteiger partial charge in [0.05, 0.1) is 6.20 Å². The molecule has 84 valence electrons. The second kappa shape index (κ2) is 3.29. The molecule has 1 aromatic heterocycles. The van der Waals surface area contributed by atoms with E-state index in [1.807, 2.05) is 0 Å². The van der Waals surface area contributed by atoms with Crippen LogP contribution in [0.25, 0.3) is 0 Å². The van der Waals surface area contributed by atoms with E-state index in [1.165, 1.54) is 13.8 Å². The number of aliphatic carboxylic acids is 1. The topological polar surface area (TPSA) is 63.3 Å². The molecule has 0 saturated carbocycles. The largest absolute Gasteiger partial charge is 0.481 e. The van der Waals surface area contributed by atoms with Crippen LogP contribution in [0.3, 0.4) is 0 Å². The normalized spacial score (nSPS) is 12.9. The van der Waals surface area contributed by atoms with Gasteiger partial charge in [-0.25, -0.2) is 4.98 Å². The number of rotatable bonds is 3. The van der Waals surface area contributed by atoms with Gasteiger partial charge in [0.25, 0.3) is 5.89 Å². The maximum atomic E-state index is 12.8. The fourth-order valence-corrected chi connectivity index (χ4v) is 0.871. The van der Waals surface area contributed by atoms with Gasteiger partial charge in [0.2, 0.25) is 0 Å². The lowest BCUT2D eigenvalue weighted by atomic mass is 9.91. The smallest absolute Gasteiger partial charge is 0.319 e. The molecule has 0 spiro atoms. The van der Waals surface area contributed by atoms with Crippen LogP contribution < -0.4 is 0 Å². The first-order chi connectivity index (χ1) is 6.65. The summed E-state index contributed by atoms with van der Waals surface area (Å²) in [5.41, 5.74) is -1.36. The van der Waals surface area contributed by atoms with Crippen LogP contribution in [0.4, 0.5) is 8.78 Å². The summed E-state index contributed by atoms with van der Waals surface area (Å²) in [6.45, 7) is 3.34. The predicted octanol–water partition coefficient (Wildman–Crippen LogP) is 2.15. The molecule has 0 unspecified atom stereocenters. The molecule has 0 amide bonds. The van der Waals surface area contributed by atoms with Crippen molar-refractivity contribution < 1.29 is 23.1 Å². The highest BCUT2D eigenvalue weighted by molar-refractivity contribution is 5.79. The third kappa shape index (κ3) is 2.14. The first-order valence-corrected chi connectivity index (χ1v) is 4.23. The van der Waals surface area contributed by atoms with Crippen LogP contribution in [0.5, 0.6) is 0 Å². The van der Waals surface area contributed by atoms with E-state index in [-0.39, 0.29) is 5.76 Å². The van der Waals surface area contributed by atoms with Gasteiger partial charge in [-0.1, -0.05) is 0 Å². The van der Waals surface area contributed by atoms with E-state index in [1.54, 1.807) is 0 Å². The maximum absolute atomic E-state index is 12.8. The second-order valence-corrected chi connectivity index (χ2v) is 3.85. The Labute approximate surface area is 84.9 Å². The molecule has 0 radical (unpaired) electrons. The highest BCUT2D eigenvalue weighted by atomic mass is 19.3. The monoisotopic (exact) mass is 219 g/mol. The van der Waals surface area contributed by atoms with Gasteiger partial charge >= 0.3 is 11.9 Å². The van der Waals surface area contributed by atoms with Crippen LogP contribution in [0.1, 0.15) is 32.4 Å². The molecule has 1 heterocycles. The summed E-state index contributed by atoms with van der Waals surface area (Å²) >= 11 is 0. The third-order valence-corrected chi connectivity index (χ3v) is 2.03. The number of carboxylic acid groups (broad SMARTS) is 1. The lowest BCUT2D eigenvalue weighted by molar-refractivity contribution is -0.143. The standard InChI is InChI=1S/C9H11F2NO3/c1-8(2,7(13)14)5-4-12-6(15-5)9(3,10)11/h4H,1-3H3,(H,13,14). The summed E-state index contributed by atoms with van der Waals surface area (Å²) in [7, 11) is 0. The number of aromatic nitrogens is 1. The lowest BCUT2D eigenvalue weighted by Crippen LogP contribution is -2.27. The van der Waals surface area contributed by atoms with Crippen LogP contribution in [0, 0.1) is 0 Å². The zero-order valence-corrected chi connectivity index (χ0v) is 8.54. The number of alkyl halides is 2. The third-order valence-electron chi connectivity index (χ3n) is 2.03. The fourth-order valence-electron chi connectivity index (χ4n) is 0.871. The molecule has 6 heteroatoms. The summed E-state index contributed by atoms with van der Waals surface area (Å²) in [6.07, 6.45) is 1.01. The van der Waals surface area contributed by atoms with Crippen molar-refractivity contribution >= 4 is 5.97 Å². The van der Waals surface area contributed by atoms with Crippen molar-refractivity contribution in [2.45, 2.75) is 32.1 Å². The molecular formula is C9H11F2NO3. The molecule has 1 N–H and O–H groups in total. The van der Waals surface area contributed by atoms with Gasteiger partial charge < -0.3 is 9.52 Å². The van der Waals surface area contributed by atoms with Gasteiger partial charge in [-0.05, 0) is 13.8 Å². The van der Waals surface area contributed by atoms with Crippen molar-refractivity contribution in [2.24, 2.45) is 0 Å². The van der Waals surface area contributed by atoms with Crippen molar-refractivity contribution in [1.29, 1.82) is 0 Å². The molecule has 0 aliphatic rings. The molecule has 0 atom stereocenters. The Balaban J connectivity index is 3.10. The number of carbonyl (C=O) groups is 1. The Bertz CT molecular complexity index is 379. The van der Waals surface area contributed by atoms with Crippen LogP contribution >= 0.6 is 0 Å². The predicted molar refractivity (Wildman–Crippen MR) is 46.7 cm³/mol. The van der Waals surface area contributed by atoms with E-state index in [2.05, 4.69) is 4.98 Å². The molecule has 15 heavy (non-hydrogen) atoms. The molecule has 0 saturated heterocycles. The lowest BCUT2D eigenvalue weighted by Gasteiger charge is -2.15. The number of nitrogens with zero attached hydrogens (tertiary/aromatic N) is 1. The Morgan fingerprint density at radius 3 is 2.33 bits per heavy atom. The minimum absolute atomic E-state index is 0.0912. The zero-order valence-electron chi connectivity index (χ0n) is 8.54. The van der Waals surface area contributed by atoms with E-state index in [0.717, 1.165) is 6.20 Å². The summed E-state index contributed by atoms with van der Waals surface area (Å²) in [5, 5.41) is 8.83. The van der Waals surface area contributed by atoms with Gasteiger partial charge in [0, 0.05) is 6.92 Å². The first kappa shape index (κ1) is 11.6. The van der Waals surface area contributed by atoms with E-state index >= 15 is 0 Å². The van der Waals surface area contributed by atoms with Crippen LogP contribution in [-0.2, 0) is 16.1 Å². The average molecular weight is 219 g/mol. The average Bonchev–Trinajstić information content (AvgIpc) is 2.50. The minimum Gasteiger partial charge on any atom is -0.481 e. The Hall–Kier alpha value is -1.46. The van der Waals surface area contributed by atoms with Gasteiger partial charge in [0.15, 0.2) is 0 Å². The van der Waals surface area contributed by atoms with Crippen LogP contribution in [0.2, 0.25) is 0 Å². The molecule has 0 aliphatic carbocycles. The summed E-state index contributed by atoms with van der Waals surface area (Å²) in [4.78, 5) is 14.2. The Morgan fingerprint density at radius 2 is 2.00 bits per heavy atom.